The van der Waals surface area contributed by atoms with Gasteiger partial charge in [-0.3, -0.25) is 4.79 Å². The zero-order chi connectivity index (χ0) is 16.0. The first-order valence-electron chi connectivity index (χ1n) is 7.16. The molecule has 1 amide bonds. The Labute approximate surface area is 145 Å². The SMILES string of the molecule is CC(C)(COCc1ccccc1)NC(=O)c1ccc(I)cc1. The molecule has 0 aromatic heterocycles. The lowest BCUT2D eigenvalue weighted by molar-refractivity contribution is 0.0617. The minimum atomic E-state index is -0.422. The number of hydrogen-bond acceptors (Lipinski definition) is 2. The highest BCUT2D eigenvalue weighted by molar-refractivity contribution is 14.1. The molecule has 0 spiro atoms. The first-order chi connectivity index (χ1) is 10.5. The molecule has 0 aliphatic rings. The highest BCUT2D eigenvalue weighted by Crippen LogP contribution is 2.10. The van der Waals surface area contributed by atoms with E-state index < -0.39 is 5.54 Å². The number of hydrogen-bond donors (Lipinski definition) is 1. The predicted octanol–water partition coefficient (Wildman–Crippen LogP) is 4.02. The van der Waals surface area contributed by atoms with Crippen LogP contribution in [0.25, 0.3) is 0 Å². The smallest absolute Gasteiger partial charge is 0.251 e. The van der Waals surface area contributed by atoms with Crippen molar-refractivity contribution in [2.45, 2.75) is 26.0 Å². The lowest BCUT2D eigenvalue weighted by Crippen LogP contribution is -2.47. The molecule has 2 rings (SSSR count). The molecule has 0 bridgehead atoms. The minimum Gasteiger partial charge on any atom is -0.374 e. The molecule has 0 aliphatic heterocycles. The molecule has 1 N–H and O–H groups in total. The second-order valence-electron chi connectivity index (χ2n) is 5.82. The van der Waals surface area contributed by atoms with E-state index in [1.165, 1.54) is 0 Å². The first-order valence-corrected chi connectivity index (χ1v) is 8.24. The summed E-state index contributed by atoms with van der Waals surface area (Å²) in [7, 11) is 0. The van der Waals surface area contributed by atoms with Gasteiger partial charge in [0.1, 0.15) is 0 Å². The molecule has 4 heteroatoms. The van der Waals surface area contributed by atoms with Crippen LogP contribution in [0.15, 0.2) is 54.6 Å². The summed E-state index contributed by atoms with van der Waals surface area (Å²) in [5.41, 5.74) is 1.37. The Morgan fingerprint density at radius 3 is 2.36 bits per heavy atom. The quantitative estimate of drug-likeness (QED) is 0.733. The van der Waals surface area contributed by atoms with E-state index in [1.54, 1.807) is 0 Å². The summed E-state index contributed by atoms with van der Waals surface area (Å²) in [4.78, 5) is 12.2. The van der Waals surface area contributed by atoms with Crippen molar-refractivity contribution < 1.29 is 9.53 Å². The average molecular weight is 409 g/mol. The lowest BCUT2D eigenvalue weighted by atomic mass is 10.1. The minimum absolute atomic E-state index is 0.0790. The molecular weight excluding hydrogens is 389 g/mol. The number of nitrogens with one attached hydrogen (secondary N) is 1. The van der Waals surface area contributed by atoms with Gasteiger partial charge in [-0.05, 0) is 66.3 Å². The van der Waals surface area contributed by atoms with E-state index in [2.05, 4.69) is 27.9 Å². The maximum atomic E-state index is 12.2. The molecule has 22 heavy (non-hydrogen) atoms. The Kier molecular flexibility index (Phi) is 5.97. The lowest BCUT2D eigenvalue weighted by Gasteiger charge is -2.26. The fourth-order valence-electron chi connectivity index (χ4n) is 2.02. The van der Waals surface area contributed by atoms with Gasteiger partial charge in [-0.1, -0.05) is 30.3 Å². The number of amides is 1. The summed E-state index contributed by atoms with van der Waals surface area (Å²) < 4.78 is 6.84. The molecule has 0 fully saturated rings. The first kappa shape index (κ1) is 17.0. The van der Waals surface area contributed by atoms with Crippen molar-refractivity contribution in [1.29, 1.82) is 0 Å². The molecule has 0 unspecified atom stereocenters. The maximum Gasteiger partial charge on any atom is 0.251 e. The molecule has 0 saturated carbocycles. The van der Waals surface area contributed by atoms with Crippen molar-refractivity contribution in [3.8, 4) is 0 Å². The molecule has 116 valence electrons. The van der Waals surface area contributed by atoms with Crippen molar-refractivity contribution in [3.63, 3.8) is 0 Å². The third kappa shape index (κ3) is 5.42. The largest absolute Gasteiger partial charge is 0.374 e. The van der Waals surface area contributed by atoms with Gasteiger partial charge in [-0.25, -0.2) is 0 Å². The van der Waals surface area contributed by atoms with Crippen LogP contribution >= 0.6 is 22.6 Å². The van der Waals surface area contributed by atoms with Gasteiger partial charge < -0.3 is 10.1 Å². The molecule has 0 saturated heterocycles. The van der Waals surface area contributed by atoms with Crippen LogP contribution in [0.1, 0.15) is 29.8 Å². The van der Waals surface area contributed by atoms with Gasteiger partial charge in [0.05, 0.1) is 18.8 Å². The van der Waals surface area contributed by atoms with Gasteiger partial charge in [-0.2, -0.15) is 0 Å². The fourth-order valence-corrected chi connectivity index (χ4v) is 2.37. The fraction of sp³-hybridized carbons (Fsp3) is 0.278. The van der Waals surface area contributed by atoms with Crippen molar-refractivity contribution in [1.82, 2.24) is 5.32 Å². The standard InChI is InChI=1S/C18H20INO2/c1-18(2,13-22-12-14-6-4-3-5-7-14)20-17(21)15-8-10-16(19)11-9-15/h3-11H,12-13H2,1-2H3,(H,20,21). The second kappa shape index (κ2) is 7.74. The van der Waals surface area contributed by atoms with Gasteiger partial charge in [0.15, 0.2) is 0 Å². The van der Waals surface area contributed by atoms with E-state index in [1.807, 2.05) is 68.4 Å². The summed E-state index contributed by atoms with van der Waals surface area (Å²) in [6.45, 7) is 4.92. The van der Waals surface area contributed by atoms with E-state index in [-0.39, 0.29) is 5.91 Å². The van der Waals surface area contributed by atoms with Gasteiger partial charge >= 0.3 is 0 Å². The summed E-state index contributed by atoms with van der Waals surface area (Å²) in [6, 6.07) is 17.5. The van der Waals surface area contributed by atoms with E-state index in [9.17, 15) is 4.79 Å². The van der Waals surface area contributed by atoms with Crippen molar-refractivity contribution in [2.75, 3.05) is 6.61 Å². The molecule has 0 aliphatic carbocycles. The third-order valence-electron chi connectivity index (χ3n) is 3.13. The normalized spacial score (nSPS) is 11.2. The summed E-state index contributed by atoms with van der Waals surface area (Å²) >= 11 is 2.22. The van der Waals surface area contributed by atoms with Gasteiger partial charge in [-0.15, -0.1) is 0 Å². The molecular formula is C18H20INO2. The molecule has 2 aromatic carbocycles. The summed E-state index contributed by atoms with van der Waals surface area (Å²) in [5, 5.41) is 3.01. The van der Waals surface area contributed by atoms with Crippen LogP contribution in [-0.2, 0) is 11.3 Å². The summed E-state index contributed by atoms with van der Waals surface area (Å²) in [6.07, 6.45) is 0. The van der Waals surface area contributed by atoms with Crippen LogP contribution in [0.5, 0.6) is 0 Å². The Balaban J connectivity index is 1.85. The van der Waals surface area contributed by atoms with Gasteiger partial charge in [0.25, 0.3) is 5.91 Å². The van der Waals surface area contributed by atoms with Crippen LogP contribution in [0.2, 0.25) is 0 Å². The van der Waals surface area contributed by atoms with Crippen molar-refractivity contribution in [3.05, 3.63) is 69.3 Å². The highest BCUT2D eigenvalue weighted by atomic mass is 127. The number of carbonyl (C=O) groups excluding carboxylic acids is 1. The Morgan fingerprint density at radius 1 is 1.09 bits per heavy atom. The van der Waals surface area contributed by atoms with Crippen LogP contribution in [-0.4, -0.2) is 18.1 Å². The van der Waals surface area contributed by atoms with E-state index >= 15 is 0 Å². The maximum absolute atomic E-state index is 12.2. The third-order valence-corrected chi connectivity index (χ3v) is 3.85. The number of carbonyl (C=O) groups is 1. The van der Waals surface area contributed by atoms with E-state index in [0.717, 1.165) is 9.13 Å². The Hall–Kier alpha value is -1.40. The molecule has 0 heterocycles. The number of ether oxygens (including phenoxy) is 1. The number of benzene rings is 2. The Bertz CT molecular complexity index is 609. The van der Waals surface area contributed by atoms with Crippen molar-refractivity contribution in [2.24, 2.45) is 0 Å². The topological polar surface area (TPSA) is 38.3 Å². The number of rotatable bonds is 6. The predicted molar refractivity (Wildman–Crippen MR) is 96.8 cm³/mol. The molecule has 0 atom stereocenters. The monoisotopic (exact) mass is 409 g/mol. The second-order valence-corrected chi connectivity index (χ2v) is 7.07. The van der Waals surface area contributed by atoms with Crippen molar-refractivity contribution >= 4 is 28.5 Å². The Morgan fingerprint density at radius 2 is 1.73 bits per heavy atom. The van der Waals surface area contributed by atoms with E-state index in [0.29, 0.717) is 18.8 Å². The van der Waals surface area contributed by atoms with Crippen LogP contribution in [0.3, 0.4) is 0 Å². The molecule has 3 nitrogen and oxygen atoms in total. The molecule has 2 aromatic rings. The molecule has 0 radical (unpaired) electrons. The van der Waals surface area contributed by atoms with Gasteiger partial charge in [0.2, 0.25) is 0 Å². The van der Waals surface area contributed by atoms with Crippen LogP contribution < -0.4 is 5.32 Å². The zero-order valence-electron chi connectivity index (χ0n) is 12.8. The number of halogens is 1. The summed E-state index contributed by atoms with van der Waals surface area (Å²) in [5.74, 6) is -0.0790. The highest BCUT2D eigenvalue weighted by Gasteiger charge is 2.21. The zero-order valence-corrected chi connectivity index (χ0v) is 15.0. The van der Waals surface area contributed by atoms with Crippen LogP contribution in [0, 0.1) is 3.57 Å². The van der Waals surface area contributed by atoms with Gasteiger partial charge in [0, 0.05) is 9.13 Å². The van der Waals surface area contributed by atoms with E-state index in [4.69, 9.17) is 4.74 Å². The van der Waals surface area contributed by atoms with Crippen LogP contribution in [0.4, 0.5) is 0 Å². The average Bonchev–Trinajstić information content (AvgIpc) is 2.48.